The summed E-state index contributed by atoms with van der Waals surface area (Å²) in [6.07, 6.45) is 1.16. The van der Waals surface area contributed by atoms with Crippen LogP contribution in [0.4, 0.5) is 0 Å². The number of hydrogen-bond acceptors (Lipinski definition) is 4. The van der Waals surface area contributed by atoms with Crippen molar-refractivity contribution in [1.82, 2.24) is 9.62 Å². The topological polar surface area (TPSA) is 75.7 Å². The minimum absolute atomic E-state index is 0.0349. The molecule has 28 heavy (non-hydrogen) atoms. The number of rotatable bonds is 9. The minimum Gasteiger partial charge on any atom is -0.491 e. The van der Waals surface area contributed by atoms with Crippen molar-refractivity contribution in [1.29, 1.82) is 0 Å². The zero-order valence-corrected chi connectivity index (χ0v) is 17.8. The molecule has 2 aromatic carbocycles. The van der Waals surface area contributed by atoms with Crippen molar-refractivity contribution in [3.63, 3.8) is 0 Å². The second-order valence-electron chi connectivity index (χ2n) is 6.71. The average Bonchev–Trinajstić information content (AvgIpc) is 2.61. The molecular weight excluding hydrogens is 400 g/mol. The number of carbonyl (C=O) groups is 1. The van der Waals surface area contributed by atoms with Crippen LogP contribution in [0.5, 0.6) is 5.75 Å². The molecule has 0 aliphatic carbocycles. The number of benzene rings is 2. The molecule has 0 saturated heterocycles. The van der Waals surface area contributed by atoms with Crippen molar-refractivity contribution < 1.29 is 17.9 Å². The molecule has 0 heterocycles. The summed E-state index contributed by atoms with van der Waals surface area (Å²) >= 11 is 6.11. The van der Waals surface area contributed by atoms with Crippen LogP contribution in [-0.4, -0.2) is 37.5 Å². The number of nitrogens with one attached hydrogen (secondary N) is 1. The van der Waals surface area contributed by atoms with Crippen molar-refractivity contribution in [2.75, 3.05) is 12.8 Å². The largest absolute Gasteiger partial charge is 0.491 e. The van der Waals surface area contributed by atoms with Gasteiger partial charge in [-0.2, -0.15) is 4.31 Å². The molecule has 0 spiro atoms. The van der Waals surface area contributed by atoms with E-state index >= 15 is 0 Å². The van der Waals surface area contributed by atoms with Gasteiger partial charge in [-0.3, -0.25) is 4.79 Å². The van der Waals surface area contributed by atoms with Gasteiger partial charge in [-0.05, 0) is 43.2 Å². The van der Waals surface area contributed by atoms with Crippen LogP contribution in [0.3, 0.4) is 0 Å². The van der Waals surface area contributed by atoms with E-state index in [1.54, 1.807) is 24.3 Å². The lowest BCUT2D eigenvalue weighted by molar-refractivity contribution is -0.121. The maximum absolute atomic E-state index is 12.3. The second-order valence-corrected chi connectivity index (χ2v) is 9.10. The third kappa shape index (κ3) is 7.14. The van der Waals surface area contributed by atoms with E-state index in [-0.39, 0.29) is 25.1 Å². The monoisotopic (exact) mass is 424 g/mol. The van der Waals surface area contributed by atoms with Gasteiger partial charge in [-0.25, -0.2) is 8.42 Å². The lowest BCUT2D eigenvalue weighted by Gasteiger charge is -2.20. The Morgan fingerprint density at radius 2 is 1.79 bits per heavy atom. The van der Waals surface area contributed by atoms with Gasteiger partial charge in [-0.1, -0.05) is 41.9 Å². The Balaban J connectivity index is 1.95. The van der Waals surface area contributed by atoms with E-state index in [4.69, 9.17) is 16.3 Å². The lowest BCUT2D eigenvalue weighted by atomic mass is 10.2. The lowest BCUT2D eigenvalue weighted by Crippen LogP contribution is -2.39. The van der Waals surface area contributed by atoms with E-state index in [9.17, 15) is 13.2 Å². The number of carbonyl (C=O) groups excluding carboxylic acids is 1. The summed E-state index contributed by atoms with van der Waals surface area (Å²) in [5.74, 6) is 0.369. The van der Waals surface area contributed by atoms with Gasteiger partial charge in [0, 0.05) is 18.1 Å². The van der Waals surface area contributed by atoms with Gasteiger partial charge in [0.25, 0.3) is 0 Å². The molecule has 1 N–H and O–H groups in total. The summed E-state index contributed by atoms with van der Waals surface area (Å²) in [5, 5.41) is 3.20. The van der Waals surface area contributed by atoms with Gasteiger partial charge >= 0.3 is 0 Å². The molecule has 0 atom stereocenters. The number of ether oxygens (including phenoxy) is 1. The zero-order chi connectivity index (χ0) is 20.7. The molecule has 0 radical (unpaired) electrons. The maximum atomic E-state index is 12.3. The SMILES string of the molecule is CC(C)Oc1ccc(CNC(=O)CN(Cc2ccccc2Cl)S(C)(=O)=O)cc1. The first-order chi connectivity index (χ1) is 13.1. The van der Waals surface area contributed by atoms with Crippen molar-refractivity contribution in [3.05, 3.63) is 64.7 Å². The Morgan fingerprint density at radius 1 is 1.14 bits per heavy atom. The Bertz CT molecular complexity index is 899. The van der Waals surface area contributed by atoms with Gasteiger partial charge in [0.15, 0.2) is 0 Å². The van der Waals surface area contributed by atoms with Gasteiger partial charge in [0.2, 0.25) is 15.9 Å². The number of sulfonamides is 1. The fourth-order valence-electron chi connectivity index (χ4n) is 2.48. The summed E-state index contributed by atoms with van der Waals surface area (Å²) in [5.41, 5.74) is 1.53. The van der Waals surface area contributed by atoms with E-state index in [1.165, 1.54) is 0 Å². The third-order valence-electron chi connectivity index (χ3n) is 3.88. The highest BCUT2D eigenvalue weighted by atomic mass is 35.5. The normalized spacial score (nSPS) is 11.6. The van der Waals surface area contributed by atoms with Crippen molar-refractivity contribution in [2.24, 2.45) is 0 Å². The van der Waals surface area contributed by atoms with Crippen LogP contribution in [-0.2, 0) is 27.9 Å². The first-order valence-corrected chi connectivity index (χ1v) is 11.1. The highest BCUT2D eigenvalue weighted by molar-refractivity contribution is 7.88. The predicted octanol–water partition coefficient (Wildman–Crippen LogP) is 3.21. The number of hydrogen-bond donors (Lipinski definition) is 1. The summed E-state index contributed by atoms with van der Waals surface area (Å²) in [7, 11) is -3.58. The molecule has 0 aromatic heterocycles. The number of halogens is 1. The van der Waals surface area contributed by atoms with Crippen molar-refractivity contribution >= 4 is 27.5 Å². The molecule has 152 valence electrons. The number of nitrogens with zero attached hydrogens (tertiary/aromatic N) is 1. The minimum atomic E-state index is -3.58. The Kier molecular flexibility index (Phi) is 7.86. The van der Waals surface area contributed by atoms with Gasteiger partial charge in [0.1, 0.15) is 5.75 Å². The van der Waals surface area contributed by atoms with Gasteiger partial charge < -0.3 is 10.1 Å². The molecule has 2 aromatic rings. The molecular formula is C20H25ClN2O4S. The van der Waals surface area contributed by atoms with E-state index in [0.717, 1.165) is 21.9 Å². The fourth-order valence-corrected chi connectivity index (χ4v) is 3.40. The fraction of sp³-hybridized carbons (Fsp3) is 0.350. The summed E-state index contributed by atoms with van der Waals surface area (Å²) in [6, 6.07) is 14.3. The third-order valence-corrected chi connectivity index (χ3v) is 5.44. The van der Waals surface area contributed by atoms with Crippen LogP contribution in [0, 0.1) is 0 Å². The second kappa shape index (κ2) is 9.91. The molecule has 0 unspecified atom stereocenters. The smallest absolute Gasteiger partial charge is 0.235 e. The molecule has 8 heteroatoms. The molecule has 0 saturated carbocycles. The van der Waals surface area contributed by atoms with Crippen LogP contribution in [0.1, 0.15) is 25.0 Å². The first-order valence-electron chi connectivity index (χ1n) is 8.86. The quantitative estimate of drug-likeness (QED) is 0.670. The Hall–Kier alpha value is -2.09. The highest BCUT2D eigenvalue weighted by Gasteiger charge is 2.21. The highest BCUT2D eigenvalue weighted by Crippen LogP contribution is 2.18. The van der Waals surface area contributed by atoms with Gasteiger partial charge in [-0.15, -0.1) is 0 Å². The Morgan fingerprint density at radius 3 is 2.36 bits per heavy atom. The summed E-state index contributed by atoms with van der Waals surface area (Å²) in [6.45, 7) is 3.95. The summed E-state index contributed by atoms with van der Waals surface area (Å²) < 4.78 is 30.8. The van der Waals surface area contributed by atoms with Crippen LogP contribution in [0.15, 0.2) is 48.5 Å². The van der Waals surface area contributed by atoms with Crippen molar-refractivity contribution in [2.45, 2.75) is 33.0 Å². The standard InChI is InChI=1S/C20H25ClN2O4S/c1-15(2)27-18-10-8-16(9-11-18)12-22-20(24)14-23(28(3,25)26)13-17-6-4-5-7-19(17)21/h4-11,15H,12-14H2,1-3H3,(H,22,24). The van der Waals surface area contributed by atoms with Crippen LogP contribution in [0.2, 0.25) is 5.02 Å². The molecule has 2 rings (SSSR count). The van der Waals surface area contributed by atoms with Crippen LogP contribution >= 0.6 is 11.6 Å². The average molecular weight is 425 g/mol. The maximum Gasteiger partial charge on any atom is 0.235 e. The number of amides is 1. The molecule has 0 aliphatic heterocycles. The molecule has 1 amide bonds. The van der Waals surface area contributed by atoms with Crippen LogP contribution in [0.25, 0.3) is 0 Å². The molecule has 0 bridgehead atoms. The first kappa shape index (κ1) is 22.2. The summed E-state index contributed by atoms with van der Waals surface area (Å²) in [4.78, 5) is 12.3. The predicted molar refractivity (Wildman–Crippen MR) is 111 cm³/mol. The van der Waals surface area contributed by atoms with E-state index in [2.05, 4.69) is 5.32 Å². The van der Waals surface area contributed by atoms with Gasteiger partial charge in [0.05, 0.1) is 18.9 Å². The molecule has 0 aliphatic rings. The van der Waals surface area contributed by atoms with Crippen molar-refractivity contribution in [3.8, 4) is 5.75 Å². The van der Waals surface area contributed by atoms with E-state index in [1.807, 2.05) is 38.1 Å². The molecule has 0 fully saturated rings. The zero-order valence-electron chi connectivity index (χ0n) is 16.2. The Labute approximate surface area is 171 Å². The van der Waals surface area contributed by atoms with E-state index in [0.29, 0.717) is 17.1 Å². The van der Waals surface area contributed by atoms with E-state index < -0.39 is 10.0 Å². The molecule has 6 nitrogen and oxygen atoms in total. The van der Waals surface area contributed by atoms with Crippen LogP contribution < -0.4 is 10.1 Å².